The Hall–Kier alpha value is -2.30. The summed E-state index contributed by atoms with van der Waals surface area (Å²) in [6.07, 6.45) is 3.47. The van der Waals surface area contributed by atoms with E-state index in [-0.39, 0.29) is 18.2 Å². The van der Waals surface area contributed by atoms with Crippen LogP contribution in [0.4, 0.5) is 0 Å². The van der Waals surface area contributed by atoms with Crippen LogP contribution in [0.15, 0.2) is 30.5 Å². The number of aromatic nitrogens is 1. The number of hydrogen-bond donors (Lipinski definition) is 3. The van der Waals surface area contributed by atoms with Crippen LogP contribution >= 0.6 is 0 Å². The molecular weight excluding hydrogens is 280 g/mol. The van der Waals surface area contributed by atoms with Gasteiger partial charge in [-0.25, -0.2) is 4.79 Å². The summed E-state index contributed by atoms with van der Waals surface area (Å²) in [5.41, 5.74) is 2.13. The second-order valence-corrected chi connectivity index (χ2v) is 5.67. The molecule has 5 nitrogen and oxygen atoms in total. The Morgan fingerprint density at radius 2 is 2.09 bits per heavy atom. The van der Waals surface area contributed by atoms with Gasteiger partial charge in [0.1, 0.15) is 6.04 Å². The zero-order chi connectivity index (χ0) is 16.1. The predicted molar refractivity (Wildman–Crippen MR) is 85.6 cm³/mol. The summed E-state index contributed by atoms with van der Waals surface area (Å²) in [4.78, 5) is 26.3. The standard InChI is InChI=1S/C17H22N2O3/c1-3-11(2)16(17(21)22)19-15(20)7-5-12-4-6-14-13(10-12)8-9-18-14/h4,6,8-11,16,18H,3,5,7H2,1-2H3,(H,19,20)(H,21,22)/t11-,16-/m0/s1. The molecule has 0 radical (unpaired) electrons. The molecule has 0 aliphatic heterocycles. The molecule has 1 amide bonds. The van der Waals surface area contributed by atoms with Crippen molar-refractivity contribution in [2.45, 2.75) is 39.2 Å². The first-order valence-corrected chi connectivity index (χ1v) is 7.59. The minimum Gasteiger partial charge on any atom is -0.480 e. The Kier molecular flexibility index (Phi) is 5.20. The number of nitrogens with one attached hydrogen (secondary N) is 2. The number of carboxylic acids is 1. The third-order valence-electron chi connectivity index (χ3n) is 4.05. The highest BCUT2D eigenvalue weighted by Gasteiger charge is 2.24. The molecule has 0 aliphatic rings. The number of hydrogen-bond acceptors (Lipinski definition) is 2. The number of amides is 1. The molecular formula is C17H22N2O3. The first kappa shape index (κ1) is 16.1. The number of aliphatic carboxylic acids is 1. The minimum atomic E-state index is -0.976. The largest absolute Gasteiger partial charge is 0.480 e. The number of benzene rings is 1. The van der Waals surface area contributed by atoms with Crippen LogP contribution in [-0.2, 0) is 16.0 Å². The van der Waals surface area contributed by atoms with Gasteiger partial charge in [-0.3, -0.25) is 4.79 Å². The lowest BCUT2D eigenvalue weighted by molar-refractivity contribution is -0.143. The van der Waals surface area contributed by atoms with Gasteiger partial charge in [0.15, 0.2) is 0 Å². The van der Waals surface area contributed by atoms with Gasteiger partial charge in [-0.15, -0.1) is 0 Å². The summed E-state index contributed by atoms with van der Waals surface area (Å²) in [6, 6.07) is 7.19. The molecule has 2 aromatic rings. The number of rotatable bonds is 7. The predicted octanol–water partition coefficient (Wildman–Crippen LogP) is 2.72. The second-order valence-electron chi connectivity index (χ2n) is 5.67. The topological polar surface area (TPSA) is 82.2 Å². The molecule has 5 heteroatoms. The van der Waals surface area contributed by atoms with E-state index in [2.05, 4.69) is 10.3 Å². The molecule has 1 heterocycles. The maximum atomic E-state index is 12.0. The number of aromatic amines is 1. The summed E-state index contributed by atoms with van der Waals surface area (Å²) in [5, 5.41) is 12.9. The molecule has 22 heavy (non-hydrogen) atoms. The van der Waals surface area contributed by atoms with Crippen LogP contribution in [0.25, 0.3) is 10.9 Å². The maximum absolute atomic E-state index is 12.0. The van der Waals surface area contributed by atoms with Crippen LogP contribution in [-0.4, -0.2) is 28.0 Å². The molecule has 0 saturated carbocycles. The van der Waals surface area contributed by atoms with Crippen molar-refractivity contribution in [2.75, 3.05) is 0 Å². The van der Waals surface area contributed by atoms with E-state index in [0.717, 1.165) is 16.5 Å². The SMILES string of the molecule is CC[C@H](C)[C@H](NC(=O)CCc1ccc2[nH]ccc2c1)C(=O)O. The lowest BCUT2D eigenvalue weighted by Gasteiger charge is -2.20. The average molecular weight is 302 g/mol. The number of carbonyl (C=O) groups excluding carboxylic acids is 1. The van der Waals surface area contributed by atoms with E-state index < -0.39 is 12.0 Å². The fourth-order valence-corrected chi connectivity index (χ4v) is 2.44. The number of fused-ring (bicyclic) bond motifs is 1. The highest BCUT2D eigenvalue weighted by atomic mass is 16.4. The third kappa shape index (κ3) is 3.87. The molecule has 0 aliphatic carbocycles. The fraction of sp³-hybridized carbons (Fsp3) is 0.412. The Balaban J connectivity index is 1.92. The van der Waals surface area contributed by atoms with Gasteiger partial charge in [0.25, 0.3) is 0 Å². The summed E-state index contributed by atoms with van der Waals surface area (Å²) < 4.78 is 0. The van der Waals surface area contributed by atoms with Crippen LogP contribution in [0.1, 0.15) is 32.3 Å². The highest BCUT2D eigenvalue weighted by molar-refractivity contribution is 5.84. The monoisotopic (exact) mass is 302 g/mol. The fourth-order valence-electron chi connectivity index (χ4n) is 2.44. The molecule has 0 unspecified atom stereocenters. The Morgan fingerprint density at radius 1 is 1.32 bits per heavy atom. The summed E-state index contributed by atoms with van der Waals surface area (Å²) in [7, 11) is 0. The van der Waals surface area contributed by atoms with Gasteiger partial charge in [0.2, 0.25) is 5.91 Å². The number of carbonyl (C=O) groups is 2. The summed E-state index contributed by atoms with van der Waals surface area (Å²) in [6.45, 7) is 3.75. The van der Waals surface area contributed by atoms with Gasteiger partial charge in [-0.05, 0) is 41.5 Å². The minimum absolute atomic E-state index is 0.0855. The van der Waals surface area contributed by atoms with Gasteiger partial charge in [-0.2, -0.15) is 0 Å². The van der Waals surface area contributed by atoms with E-state index in [9.17, 15) is 14.7 Å². The van der Waals surface area contributed by atoms with Crippen molar-refractivity contribution in [1.82, 2.24) is 10.3 Å². The molecule has 2 rings (SSSR count). The van der Waals surface area contributed by atoms with Crippen molar-refractivity contribution < 1.29 is 14.7 Å². The van der Waals surface area contributed by atoms with Crippen LogP contribution in [0, 0.1) is 5.92 Å². The highest BCUT2D eigenvalue weighted by Crippen LogP contribution is 2.15. The van der Waals surface area contributed by atoms with Crippen molar-refractivity contribution in [1.29, 1.82) is 0 Å². The molecule has 0 fully saturated rings. The maximum Gasteiger partial charge on any atom is 0.326 e. The molecule has 1 aromatic heterocycles. The Bertz CT molecular complexity index is 663. The molecule has 118 valence electrons. The normalized spacial score (nSPS) is 13.7. The third-order valence-corrected chi connectivity index (χ3v) is 4.05. The smallest absolute Gasteiger partial charge is 0.326 e. The van der Waals surface area contributed by atoms with E-state index >= 15 is 0 Å². The van der Waals surface area contributed by atoms with Gasteiger partial charge < -0.3 is 15.4 Å². The lowest BCUT2D eigenvalue weighted by atomic mass is 9.99. The van der Waals surface area contributed by atoms with Crippen molar-refractivity contribution >= 4 is 22.8 Å². The van der Waals surface area contributed by atoms with Gasteiger partial charge in [0.05, 0.1) is 0 Å². The van der Waals surface area contributed by atoms with Gasteiger partial charge in [0, 0.05) is 18.1 Å². The van der Waals surface area contributed by atoms with Gasteiger partial charge >= 0.3 is 5.97 Å². The average Bonchev–Trinajstić information content (AvgIpc) is 2.97. The zero-order valence-corrected chi connectivity index (χ0v) is 12.9. The molecule has 0 saturated heterocycles. The van der Waals surface area contributed by atoms with E-state index in [1.165, 1.54) is 0 Å². The summed E-state index contributed by atoms with van der Waals surface area (Å²) >= 11 is 0. The van der Waals surface area contributed by atoms with E-state index in [0.29, 0.717) is 12.8 Å². The van der Waals surface area contributed by atoms with Crippen molar-refractivity contribution in [3.8, 4) is 0 Å². The lowest BCUT2D eigenvalue weighted by Crippen LogP contribution is -2.45. The summed E-state index contributed by atoms with van der Waals surface area (Å²) in [5.74, 6) is -1.28. The van der Waals surface area contributed by atoms with E-state index in [1.807, 2.05) is 44.3 Å². The van der Waals surface area contributed by atoms with Crippen LogP contribution in [0.5, 0.6) is 0 Å². The number of H-pyrrole nitrogens is 1. The van der Waals surface area contributed by atoms with Crippen LogP contribution < -0.4 is 5.32 Å². The zero-order valence-electron chi connectivity index (χ0n) is 12.9. The molecule has 0 spiro atoms. The van der Waals surface area contributed by atoms with Crippen LogP contribution in [0.2, 0.25) is 0 Å². The van der Waals surface area contributed by atoms with E-state index in [1.54, 1.807) is 0 Å². The number of carboxylic acid groups (broad SMARTS) is 1. The number of aryl methyl sites for hydroxylation is 1. The first-order valence-electron chi connectivity index (χ1n) is 7.59. The van der Waals surface area contributed by atoms with E-state index in [4.69, 9.17) is 0 Å². The Labute approximate surface area is 129 Å². The molecule has 2 atom stereocenters. The van der Waals surface area contributed by atoms with Crippen molar-refractivity contribution in [3.63, 3.8) is 0 Å². The van der Waals surface area contributed by atoms with Gasteiger partial charge in [-0.1, -0.05) is 26.3 Å². The molecule has 3 N–H and O–H groups in total. The molecule has 0 bridgehead atoms. The van der Waals surface area contributed by atoms with Crippen molar-refractivity contribution in [2.24, 2.45) is 5.92 Å². The van der Waals surface area contributed by atoms with Crippen molar-refractivity contribution in [3.05, 3.63) is 36.0 Å². The molecule has 1 aromatic carbocycles. The first-order chi connectivity index (χ1) is 10.5. The second kappa shape index (κ2) is 7.11. The van der Waals surface area contributed by atoms with Crippen LogP contribution in [0.3, 0.4) is 0 Å². The quantitative estimate of drug-likeness (QED) is 0.735. The Morgan fingerprint density at radius 3 is 2.77 bits per heavy atom.